The zero-order valence-electron chi connectivity index (χ0n) is 10.1. The van der Waals surface area contributed by atoms with Crippen molar-refractivity contribution in [1.29, 1.82) is 0 Å². The molecule has 0 N–H and O–H groups in total. The highest BCUT2D eigenvalue weighted by Gasteiger charge is 2.52. The van der Waals surface area contributed by atoms with Crippen molar-refractivity contribution in [2.24, 2.45) is 5.41 Å². The van der Waals surface area contributed by atoms with Crippen LogP contribution in [0.2, 0.25) is 0 Å². The van der Waals surface area contributed by atoms with E-state index in [0.29, 0.717) is 12.8 Å². The maximum atomic E-state index is 11.9. The highest BCUT2D eigenvalue weighted by Crippen LogP contribution is 2.47. The molecular formula is C13H16O4. The summed E-state index contributed by atoms with van der Waals surface area (Å²) in [5, 5.41) is 0. The van der Waals surface area contributed by atoms with Crippen LogP contribution >= 0.6 is 0 Å². The number of ether oxygens (including phenoxy) is 2. The van der Waals surface area contributed by atoms with Gasteiger partial charge in [-0.3, -0.25) is 9.59 Å². The van der Waals surface area contributed by atoms with Crippen LogP contribution in [0, 0.1) is 5.41 Å². The summed E-state index contributed by atoms with van der Waals surface area (Å²) in [5.74, 6) is -0.987. The Balaban J connectivity index is 2.31. The van der Waals surface area contributed by atoms with E-state index in [1.807, 2.05) is 6.08 Å². The predicted octanol–water partition coefficient (Wildman–Crippen LogP) is 1.76. The van der Waals surface area contributed by atoms with Gasteiger partial charge in [0.15, 0.2) is 5.41 Å². The lowest BCUT2D eigenvalue weighted by Crippen LogP contribution is -2.39. The van der Waals surface area contributed by atoms with Gasteiger partial charge >= 0.3 is 11.9 Å². The predicted molar refractivity (Wildman–Crippen MR) is 61.1 cm³/mol. The molecule has 0 aromatic heterocycles. The highest BCUT2D eigenvalue weighted by molar-refractivity contribution is 6.01. The van der Waals surface area contributed by atoms with Gasteiger partial charge in [-0.05, 0) is 31.3 Å². The Kier molecular flexibility index (Phi) is 3.05. The van der Waals surface area contributed by atoms with Crippen molar-refractivity contribution in [3.05, 3.63) is 23.3 Å². The summed E-state index contributed by atoms with van der Waals surface area (Å²) in [6.07, 6.45) is 6.80. The first-order valence-corrected chi connectivity index (χ1v) is 5.68. The van der Waals surface area contributed by atoms with Gasteiger partial charge in [0.1, 0.15) is 0 Å². The van der Waals surface area contributed by atoms with Crippen LogP contribution in [0.1, 0.15) is 25.7 Å². The Morgan fingerprint density at radius 1 is 1.18 bits per heavy atom. The third-order valence-electron chi connectivity index (χ3n) is 3.55. The first kappa shape index (κ1) is 11.9. The van der Waals surface area contributed by atoms with Gasteiger partial charge in [-0.25, -0.2) is 0 Å². The van der Waals surface area contributed by atoms with Crippen LogP contribution in [0.5, 0.6) is 0 Å². The molecule has 0 atom stereocenters. The average Bonchev–Trinajstić information content (AvgIpc) is 2.77. The van der Waals surface area contributed by atoms with Crippen LogP contribution in [-0.4, -0.2) is 26.2 Å². The van der Waals surface area contributed by atoms with Crippen molar-refractivity contribution in [1.82, 2.24) is 0 Å². The van der Waals surface area contributed by atoms with Crippen LogP contribution in [0.15, 0.2) is 23.3 Å². The summed E-state index contributed by atoms with van der Waals surface area (Å²) in [4.78, 5) is 23.8. The summed E-state index contributed by atoms with van der Waals surface area (Å²) in [5.41, 5.74) is 1.12. The second-order valence-corrected chi connectivity index (χ2v) is 4.49. The number of rotatable bonds is 2. The standard InChI is InChI=1S/C13H16O4/c1-16-11(14)13(12(15)17-2)7-9-5-3-4-6-10(9)8-13/h3,5H,4,6-8H2,1-2H3. The van der Waals surface area contributed by atoms with Gasteiger partial charge in [0.25, 0.3) is 0 Å². The fourth-order valence-electron chi connectivity index (χ4n) is 2.66. The maximum absolute atomic E-state index is 11.9. The van der Waals surface area contributed by atoms with Gasteiger partial charge in [0.05, 0.1) is 14.2 Å². The van der Waals surface area contributed by atoms with Crippen LogP contribution in [-0.2, 0) is 19.1 Å². The summed E-state index contributed by atoms with van der Waals surface area (Å²) < 4.78 is 9.55. The van der Waals surface area contributed by atoms with E-state index in [0.717, 1.165) is 18.4 Å². The normalized spacial score (nSPS) is 21.1. The first-order chi connectivity index (χ1) is 8.14. The van der Waals surface area contributed by atoms with E-state index < -0.39 is 17.4 Å². The molecule has 92 valence electrons. The third-order valence-corrected chi connectivity index (χ3v) is 3.55. The second-order valence-electron chi connectivity index (χ2n) is 4.49. The Hall–Kier alpha value is -1.58. The average molecular weight is 236 g/mol. The van der Waals surface area contributed by atoms with E-state index in [-0.39, 0.29) is 0 Å². The molecule has 0 heterocycles. The van der Waals surface area contributed by atoms with E-state index in [2.05, 4.69) is 6.08 Å². The molecule has 4 heteroatoms. The van der Waals surface area contributed by atoms with Crippen LogP contribution in [0.4, 0.5) is 0 Å². The molecule has 0 aromatic carbocycles. The fraction of sp³-hybridized carbons (Fsp3) is 0.538. The summed E-state index contributed by atoms with van der Waals surface area (Å²) in [7, 11) is 2.61. The highest BCUT2D eigenvalue weighted by atomic mass is 16.5. The van der Waals surface area contributed by atoms with Crippen molar-refractivity contribution in [2.45, 2.75) is 25.7 Å². The quantitative estimate of drug-likeness (QED) is 0.541. The smallest absolute Gasteiger partial charge is 0.323 e. The van der Waals surface area contributed by atoms with Gasteiger partial charge in [-0.15, -0.1) is 0 Å². The molecule has 0 spiro atoms. The molecule has 2 aliphatic rings. The summed E-state index contributed by atoms with van der Waals surface area (Å²) in [6, 6.07) is 0. The SMILES string of the molecule is COC(=O)C1(C(=O)OC)CC2=C(CCC=C2)C1. The van der Waals surface area contributed by atoms with E-state index in [1.165, 1.54) is 19.8 Å². The monoisotopic (exact) mass is 236 g/mol. The van der Waals surface area contributed by atoms with Gasteiger partial charge in [0, 0.05) is 0 Å². The maximum Gasteiger partial charge on any atom is 0.323 e. The Morgan fingerprint density at radius 3 is 2.35 bits per heavy atom. The first-order valence-electron chi connectivity index (χ1n) is 5.68. The molecule has 2 rings (SSSR count). The number of hydrogen-bond donors (Lipinski definition) is 0. The minimum Gasteiger partial charge on any atom is -0.468 e. The van der Waals surface area contributed by atoms with E-state index in [9.17, 15) is 9.59 Å². The van der Waals surface area contributed by atoms with Gasteiger partial charge in [0.2, 0.25) is 0 Å². The summed E-state index contributed by atoms with van der Waals surface area (Å²) >= 11 is 0. The molecule has 17 heavy (non-hydrogen) atoms. The summed E-state index contributed by atoms with van der Waals surface area (Å²) in [6.45, 7) is 0. The minimum atomic E-state index is -1.15. The lowest BCUT2D eigenvalue weighted by atomic mass is 9.83. The van der Waals surface area contributed by atoms with Crippen molar-refractivity contribution in [3.8, 4) is 0 Å². The minimum absolute atomic E-state index is 0.401. The Labute approximate surface area is 100 Å². The topological polar surface area (TPSA) is 52.6 Å². The van der Waals surface area contributed by atoms with Crippen molar-refractivity contribution >= 4 is 11.9 Å². The van der Waals surface area contributed by atoms with Crippen molar-refractivity contribution in [2.75, 3.05) is 14.2 Å². The number of methoxy groups -OCH3 is 2. The number of allylic oxidation sites excluding steroid dienone is 4. The molecule has 0 unspecified atom stereocenters. The van der Waals surface area contributed by atoms with Crippen LogP contribution < -0.4 is 0 Å². The number of carbonyl (C=O) groups is 2. The van der Waals surface area contributed by atoms with Crippen LogP contribution in [0.3, 0.4) is 0 Å². The molecule has 2 aliphatic carbocycles. The Morgan fingerprint density at radius 2 is 1.82 bits per heavy atom. The molecule has 0 aliphatic heterocycles. The van der Waals surface area contributed by atoms with E-state index in [4.69, 9.17) is 9.47 Å². The molecular weight excluding hydrogens is 220 g/mol. The second kappa shape index (κ2) is 4.35. The van der Waals surface area contributed by atoms with E-state index >= 15 is 0 Å². The van der Waals surface area contributed by atoms with Gasteiger partial charge < -0.3 is 9.47 Å². The molecule has 0 aromatic rings. The van der Waals surface area contributed by atoms with Crippen molar-refractivity contribution in [3.63, 3.8) is 0 Å². The lowest BCUT2D eigenvalue weighted by molar-refractivity contribution is -0.168. The zero-order valence-corrected chi connectivity index (χ0v) is 10.1. The number of carbonyl (C=O) groups excluding carboxylic acids is 2. The lowest BCUT2D eigenvalue weighted by Gasteiger charge is -2.23. The molecule has 0 saturated carbocycles. The number of hydrogen-bond acceptors (Lipinski definition) is 4. The van der Waals surface area contributed by atoms with Gasteiger partial charge in [-0.1, -0.05) is 17.7 Å². The fourth-order valence-corrected chi connectivity index (χ4v) is 2.66. The van der Waals surface area contributed by atoms with Crippen molar-refractivity contribution < 1.29 is 19.1 Å². The molecule has 0 saturated heterocycles. The molecule has 0 radical (unpaired) electrons. The zero-order chi connectivity index (χ0) is 12.5. The largest absolute Gasteiger partial charge is 0.468 e. The van der Waals surface area contributed by atoms with Gasteiger partial charge in [-0.2, -0.15) is 0 Å². The third kappa shape index (κ3) is 1.77. The Bertz CT molecular complexity index is 401. The molecule has 0 fully saturated rings. The van der Waals surface area contributed by atoms with E-state index in [1.54, 1.807) is 0 Å². The molecule has 0 bridgehead atoms. The molecule has 4 nitrogen and oxygen atoms in total. The van der Waals surface area contributed by atoms with Crippen LogP contribution in [0.25, 0.3) is 0 Å². The number of esters is 2. The molecule has 0 amide bonds.